The quantitative estimate of drug-likeness (QED) is 0.914. The summed E-state index contributed by atoms with van der Waals surface area (Å²) in [6, 6.07) is 5.49. The van der Waals surface area contributed by atoms with E-state index >= 15 is 0 Å². The van der Waals surface area contributed by atoms with Gasteiger partial charge < -0.3 is 10.2 Å². The molecule has 1 aliphatic rings. The number of carbonyl (C=O) groups excluding carboxylic acids is 1. The van der Waals surface area contributed by atoms with Crippen LogP contribution in [-0.4, -0.2) is 45.2 Å². The fourth-order valence-electron chi connectivity index (χ4n) is 2.70. The first-order chi connectivity index (χ1) is 10.3. The third-order valence-electron chi connectivity index (χ3n) is 3.87. The number of nitrogens with one attached hydrogen (secondary N) is 1. The summed E-state index contributed by atoms with van der Waals surface area (Å²) in [6.07, 6.45) is 7.10. The summed E-state index contributed by atoms with van der Waals surface area (Å²) >= 11 is 0. The number of piperazine rings is 1. The summed E-state index contributed by atoms with van der Waals surface area (Å²) in [4.78, 5) is 18.9. The van der Waals surface area contributed by atoms with Crippen LogP contribution in [0.15, 0.2) is 43.0 Å². The van der Waals surface area contributed by atoms with Crippen LogP contribution in [-0.2, 0) is 4.79 Å². The topological polar surface area (TPSA) is 63.1 Å². The van der Waals surface area contributed by atoms with Gasteiger partial charge in [-0.05, 0) is 24.6 Å². The van der Waals surface area contributed by atoms with E-state index in [4.69, 9.17) is 0 Å². The number of aromatic nitrogens is 3. The summed E-state index contributed by atoms with van der Waals surface area (Å²) in [5.41, 5.74) is 1.06. The maximum Gasteiger partial charge on any atom is 0.247 e. The Hall–Kier alpha value is -2.21. The van der Waals surface area contributed by atoms with Crippen LogP contribution in [0.25, 0.3) is 0 Å². The summed E-state index contributed by atoms with van der Waals surface area (Å²) in [6.45, 7) is 4.15. The number of carbonyl (C=O) groups is 1. The minimum Gasteiger partial charge on any atom is -0.331 e. The Balaban J connectivity index is 1.82. The van der Waals surface area contributed by atoms with Gasteiger partial charge >= 0.3 is 0 Å². The highest BCUT2D eigenvalue weighted by atomic mass is 16.2. The maximum atomic E-state index is 12.8. The number of nitrogens with zero attached hydrogens (tertiary/aromatic N) is 4. The van der Waals surface area contributed by atoms with E-state index in [2.05, 4.69) is 15.4 Å². The number of hydrogen-bond donors (Lipinski definition) is 1. The van der Waals surface area contributed by atoms with Gasteiger partial charge in [0.1, 0.15) is 6.04 Å². The Labute approximate surface area is 123 Å². The van der Waals surface area contributed by atoms with Gasteiger partial charge in [0, 0.05) is 44.4 Å². The Morgan fingerprint density at radius 3 is 3.05 bits per heavy atom. The van der Waals surface area contributed by atoms with Crippen molar-refractivity contribution in [3.05, 3.63) is 48.5 Å². The van der Waals surface area contributed by atoms with Crippen molar-refractivity contribution in [2.24, 2.45) is 0 Å². The monoisotopic (exact) mass is 285 g/mol. The van der Waals surface area contributed by atoms with Crippen LogP contribution in [0.1, 0.15) is 24.6 Å². The molecule has 0 bridgehead atoms. The zero-order valence-electron chi connectivity index (χ0n) is 12.0. The van der Waals surface area contributed by atoms with Crippen LogP contribution in [0.2, 0.25) is 0 Å². The number of pyridine rings is 1. The average Bonchev–Trinajstić information content (AvgIpc) is 3.09. The van der Waals surface area contributed by atoms with Crippen molar-refractivity contribution in [1.82, 2.24) is 25.0 Å². The summed E-state index contributed by atoms with van der Waals surface area (Å²) in [5.74, 6) is 0.0917. The minimum atomic E-state index is -0.294. The first kappa shape index (κ1) is 13.8. The van der Waals surface area contributed by atoms with Crippen LogP contribution in [0.5, 0.6) is 0 Å². The molecule has 3 rings (SSSR count). The second-order valence-electron chi connectivity index (χ2n) is 5.20. The van der Waals surface area contributed by atoms with E-state index in [1.54, 1.807) is 17.1 Å². The van der Waals surface area contributed by atoms with E-state index in [9.17, 15) is 4.79 Å². The van der Waals surface area contributed by atoms with Gasteiger partial charge in [-0.3, -0.25) is 14.5 Å². The van der Waals surface area contributed by atoms with Gasteiger partial charge in [-0.15, -0.1) is 0 Å². The molecule has 0 aliphatic carbocycles. The molecule has 1 aliphatic heterocycles. The zero-order valence-corrected chi connectivity index (χ0v) is 12.0. The van der Waals surface area contributed by atoms with Crippen LogP contribution in [0, 0.1) is 0 Å². The number of amides is 1. The molecule has 2 atom stereocenters. The molecule has 1 N–H and O–H groups in total. The van der Waals surface area contributed by atoms with Crippen LogP contribution < -0.4 is 5.32 Å². The molecular formula is C15H19N5O. The number of rotatable bonds is 3. The average molecular weight is 285 g/mol. The Kier molecular flexibility index (Phi) is 3.96. The van der Waals surface area contributed by atoms with Crippen molar-refractivity contribution >= 4 is 5.91 Å². The zero-order chi connectivity index (χ0) is 14.7. The summed E-state index contributed by atoms with van der Waals surface area (Å²) in [7, 11) is 0. The van der Waals surface area contributed by atoms with E-state index in [0.29, 0.717) is 6.54 Å². The van der Waals surface area contributed by atoms with E-state index in [-0.39, 0.29) is 18.0 Å². The van der Waals surface area contributed by atoms with Crippen molar-refractivity contribution in [2.45, 2.75) is 19.0 Å². The number of hydrogen-bond acceptors (Lipinski definition) is 4. The molecule has 1 amide bonds. The SMILES string of the molecule is CC(C(=O)N1CCNCC1c1cccnc1)n1cccn1. The maximum absolute atomic E-state index is 12.8. The van der Waals surface area contributed by atoms with Crippen LogP contribution in [0.3, 0.4) is 0 Å². The summed E-state index contributed by atoms with van der Waals surface area (Å²) < 4.78 is 1.70. The first-order valence-electron chi connectivity index (χ1n) is 7.17. The molecule has 3 heterocycles. The van der Waals surface area contributed by atoms with Crippen LogP contribution in [0.4, 0.5) is 0 Å². The minimum absolute atomic E-state index is 0.0259. The van der Waals surface area contributed by atoms with Gasteiger partial charge in [-0.25, -0.2) is 0 Å². The normalized spacial score (nSPS) is 20.2. The van der Waals surface area contributed by atoms with Crippen molar-refractivity contribution < 1.29 is 4.79 Å². The largest absolute Gasteiger partial charge is 0.331 e. The van der Waals surface area contributed by atoms with E-state index in [0.717, 1.165) is 18.7 Å². The van der Waals surface area contributed by atoms with Crippen LogP contribution >= 0.6 is 0 Å². The van der Waals surface area contributed by atoms with Gasteiger partial charge in [0.25, 0.3) is 0 Å². The molecule has 21 heavy (non-hydrogen) atoms. The first-order valence-corrected chi connectivity index (χ1v) is 7.17. The lowest BCUT2D eigenvalue weighted by Crippen LogP contribution is -2.50. The fourth-order valence-corrected chi connectivity index (χ4v) is 2.70. The fraction of sp³-hybridized carbons (Fsp3) is 0.400. The predicted octanol–water partition coefficient (Wildman–Crippen LogP) is 1.01. The molecule has 2 unspecified atom stereocenters. The molecule has 0 saturated carbocycles. The molecule has 1 saturated heterocycles. The van der Waals surface area contributed by atoms with Crippen molar-refractivity contribution in [2.75, 3.05) is 19.6 Å². The Bertz CT molecular complexity index is 583. The molecule has 0 radical (unpaired) electrons. The third-order valence-corrected chi connectivity index (χ3v) is 3.87. The van der Waals surface area contributed by atoms with Crippen molar-refractivity contribution in [1.29, 1.82) is 0 Å². The molecule has 2 aromatic heterocycles. The smallest absolute Gasteiger partial charge is 0.247 e. The molecule has 0 aromatic carbocycles. The van der Waals surface area contributed by atoms with Gasteiger partial charge in [0.05, 0.1) is 6.04 Å². The van der Waals surface area contributed by atoms with Crippen molar-refractivity contribution in [3.63, 3.8) is 0 Å². The second-order valence-corrected chi connectivity index (χ2v) is 5.20. The molecule has 2 aromatic rings. The molecule has 0 spiro atoms. The second kappa shape index (κ2) is 6.05. The molecule has 6 nitrogen and oxygen atoms in total. The molecule has 6 heteroatoms. The van der Waals surface area contributed by atoms with Crippen molar-refractivity contribution in [3.8, 4) is 0 Å². The highest BCUT2D eigenvalue weighted by Gasteiger charge is 2.31. The van der Waals surface area contributed by atoms with Gasteiger partial charge in [0.15, 0.2) is 0 Å². The molecule has 110 valence electrons. The van der Waals surface area contributed by atoms with Gasteiger partial charge in [0.2, 0.25) is 5.91 Å². The highest BCUT2D eigenvalue weighted by Crippen LogP contribution is 2.24. The third kappa shape index (κ3) is 2.80. The molecular weight excluding hydrogens is 266 g/mol. The van der Waals surface area contributed by atoms with E-state index < -0.39 is 0 Å². The lowest BCUT2D eigenvalue weighted by molar-refractivity contribution is -0.138. The van der Waals surface area contributed by atoms with E-state index in [1.807, 2.05) is 42.4 Å². The highest BCUT2D eigenvalue weighted by molar-refractivity contribution is 5.80. The Morgan fingerprint density at radius 2 is 2.33 bits per heavy atom. The van der Waals surface area contributed by atoms with Gasteiger partial charge in [-0.2, -0.15) is 5.10 Å². The summed E-state index contributed by atoms with van der Waals surface area (Å²) in [5, 5.41) is 7.52. The predicted molar refractivity (Wildman–Crippen MR) is 78.5 cm³/mol. The van der Waals surface area contributed by atoms with E-state index in [1.165, 1.54) is 0 Å². The van der Waals surface area contributed by atoms with Gasteiger partial charge in [-0.1, -0.05) is 6.07 Å². The lowest BCUT2D eigenvalue weighted by atomic mass is 10.0. The Morgan fingerprint density at radius 1 is 1.43 bits per heavy atom. The standard InChI is InChI=1S/C15H19N5O/c1-12(20-8-3-6-18-20)15(21)19-9-7-17-11-14(19)13-4-2-5-16-10-13/h2-6,8,10,12,14,17H,7,9,11H2,1H3. The molecule has 1 fully saturated rings. The lowest BCUT2D eigenvalue weighted by Gasteiger charge is -2.37.